The molecule has 2 atom stereocenters. The van der Waals surface area contributed by atoms with E-state index in [4.69, 9.17) is 15.2 Å². The summed E-state index contributed by atoms with van der Waals surface area (Å²) < 4.78 is 10.6. The van der Waals surface area contributed by atoms with Crippen molar-refractivity contribution in [1.82, 2.24) is 10.6 Å². The molecule has 1 aliphatic rings. The van der Waals surface area contributed by atoms with Crippen LogP contribution >= 0.6 is 0 Å². The summed E-state index contributed by atoms with van der Waals surface area (Å²) in [6.45, 7) is 5.59. The number of carboxylic acid groups (broad SMARTS) is 1. The molecule has 0 radical (unpaired) electrons. The fraction of sp³-hybridized carbons (Fsp3) is 0.448. The molecule has 0 aromatic heterocycles. The van der Waals surface area contributed by atoms with E-state index in [1.54, 1.807) is 20.8 Å². The third kappa shape index (κ3) is 8.54. The molecule has 10 heteroatoms. The first-order valence-electron chi connectivity index (χ1n) is 13.1. The van der Waals surface area contributed by atoms with Crippen LogP contribution in [0, 0.1) is 0 Å². The summed E-state index contributed by atoms with van der Waals surface area (Å²) in [6, 6.07) is 13.7. The smallest absolute Gasteiger partial charge is 0.407 e. The van der Waals surface area contributed by atoms with Crippen LogP contribution in [0.5, 0.6) is 0 Å². The van der Waals surface area contributed by atoms with E-state index in [-0.39, 0.29) is 37.8 Å². The number of rotatable bonds is 12. The zero-order chi connectivity index (χ0) is 28.6. The monoisotopic (exact) mass is 539 g/mol. The Hall–Kier alpha value is -3.92. The standard InChI is InChI=1S/C29H37N3O7/c1-29(2,3)39-27(36)23(30)13-8-16-31-25(33)15-14-24(26(34)35)32-28(37)38-17-22-20-11-6-4-9-18(20)19-10-5-7-12-21(19)22/h4-7,9-12,22-24H,8,13-17,30H2,1-3H3,(H,31,33)(H,32,37)(H,34,35)/t23?,24-/m0/s1. The van der Waals surface area contributed by atoms with Crippen molar-refractivity contribution in [3.63, 3.8) is 0 Å². The molecule has 2 amide bonds. The van der Waals surface area contributed by atoms with Crippen LogP contribution in [0.2, 0.25) is 0 Å². The van der Waals surface area contributed by atoms with Gasteiger partial charge in [-0.3, -0.25) is 9.59 Å². The number of amides is 2. The summed E-state index contributed by atoms with van der Waals surface area (Å²) in [7, 11) is 0. The van der Waals surface area contributed by atoms with Crippen molar-refractivity contribution < 1.29 is 33.8 Å². The lowest BCUT2D eigenvalue weighted by Gasteiger charge is -2.22. The molecule has 210 valence electrons. The summed E-state index contributed by atoms with van der Waals surface area (Å²) in [5.74, 6) is -2.29. The van der Waals surface area contributed by atoms with Crippen LogP contribution in [-0.4, -0.2) is 59.9 Å². The fourth-order valence-corrected chi connectivity index (χ4v) is 4.45. The lowest BCUT2D eigenvalue weighted by Crippen LogP contribution is -2.42. The van der Waals surface area contributed by atoms with Crippen molar-refractivity contribution in [3.8, 4) is 11.1 Å². The molecule has 2 aromatic rings. The predicted molar refractivity (Wildman–Crippen MR) is 145 cm³/mol. The van der Waals surface area contributed by atoms with Gasteiger partial charge in [-0.15, -0.1) is 0 Å². The van der Waals surface area contributed by atoms with E-state index in [0.717, 1.165) is 22.3 Å². The maximum atomic E-state index is 12.5. The quantitative estimate of drug-likeness (QED) is 0.236. The van der Waals surface area contributed by atoms with E-state index in [0.29, 0.717) is 12.8 Å². The van der Waals surface area contributed by atoms with Gasteiger partial charge in [0.05, 0.1) is 0 Å². The first-order valence-corrected chi connectivity index (χ1v) is 13.1. The Morgan fingerprint density at radius 3 is 2.13 bits per heavy atom. The molecule has 0 saturated carbocycles. The predicted octanol–water partition coefficient (Wildman–Crippen LogP) is 3.32. The molecule has 0 spiro atoms. The number of aliphatic carboxylic acids is 1. The zero-order valence-corrected chi connectivity index (χ0v) is 22.6. The van der Waals surface area contributed by atoms with E-state index in [2.05, 4.69) is 10.6 Å². The van der Waals surface area contributed by atoms with Crippen LogP contribution in [0.3, 0.4) is 0 Å². The number of alkyl carbamates (subject to hydrolysis) is 1. The van der Waals surface area contributed by atoms with Gasteiger partial charge in [-0.1, -0.05) is 48.5 Å². The minimum atomic E-state index is -1.29. The van der Waals surface area contributed by atoms with Crippen molar-refractivity contribution in [2.75, 3.05) is 13.2 Å². The number of carbonyl (C=O) groups is 4. The molecule has 1 aliphatic carbocycles. The number of carboxylic acids is 1. The fourth-order valence-electron chi connectivity index (χ4n) is 4.45. The van der Waals surface area contributed by atoms with Gasteiger partial charge in [0.2, 0.25) is 5.91 Å². The van der Waals surface area contributed by atoms with Gasteiger partial charge in [0.1, 0.15) is 24.3 Å². The Morgan fingerprint density at radius 2 is 1.56 bits per heavy atom. The molecule has 3 rings (SSSR count). The molecule has 0 fully saturated rings. The largest absolute Gasteiger partial charge is 0.480 e. The molecular formula is C29H37N3O7. The summed E-state index contributed by atoms with van der Waals surface area (Å²) in [6.07, 6.45) is -0.301. The van der Waals surface area contributed by atoms with Gasteiger partial charge in [0.15, 0.2) is 0 Å². The van der Waals surface area contributed by atoms with E-state index in [1.165, 1.54) is 0 Å². The second-order valence-corrected chi connectivity index (χ2v) is 10.5. The molecule has 5 N–H and O–H groups in total. The highest BCUT2D eigenvalue weighted by atomic mass is 16.6. The molecule has 0 bridgehead atoms. The van der Waals surface area contributed by atoms with Crippen molar-refractivity contribution in [1.29, 1.82) is 0 Å². The maximum Gasteiger partial charge on any atom is 0.407 e. The summed E-state index contributed by atoms with van der Waals surface area (Å²) >= 11 is 0. The van der Waals surface area contributed by atoms with Gasteiger partial charge in [-0.2, -0.15) is 0 Å². The first kappa shape index (κ1) is 29.6. The van der Waals surface area contributed by atoms with E-state index in [9.17, 15) is 24.3 Å². The van der Waals surface area contributed by atoms with Gasteiger partial charge in [0, 0.05) is 18.9 Å². The van der Waals surface area contributed by atoms with Crippen LogP contribution in [0.4, 0.5) is 4.79 Å². The number of hydrogen-bond donors (Lipinski definition) is 4. The topological polar surface area (TPSA) is 157 Å². The van der Waals surface area contributed by atoms with Gasteiger partial charge >= 0.3 is 18.0 Å². The highest BCUT2D eigenvalue weighted by molar-refractivity contribution is 5.82. The number of esters is 1. The number of nitrogens with one attached hydrogen (secondary N) is 2. The molecule has 0 heterocycles. The zero-order valence-electron chi connectivity index (χ0n) is 22.6. The molecule has 0 aliphatic heterocycles. The highest BCUT2D eigenvalue weighted by Gasteiger charge is 2.30. The number of hydrogen-bond acceptors (Lipinski definition) is 7. The number of ether oxygens (including phenoxy) is 2. The third-order valence-corrected chi connectivity index (χ3v) is 6.32. The van der Waals surface area contributed by atoms with Gasteiger partial charge in [-0.25, -0.2) is 9.59 Å². The minimum Gasteiger partial charge on any atom is -0.480 e. The molecule has 1 unspecified atom stereocenters. The lowest BCUT2D eigenvalue weighted by atomic mass is 9.98. The SMILES string of the molecule is CC(C)(C)OC(=O)C(N)CCCNC(=O)CC[C@H](NC(=O)OCC1c2ccccc2-c2ccccc21)C(=O)O. The van der Waals surface area contributed by atoms with Crippen molar-refractivity contribution in [2.24, 2.45) is 5.73 Å². The lowest BCUT2D eigenvalue weighted by molar-refractivity contribution is -0.156. The van der Waals surface area contributed by atoms with Gasteiger partial charge < -0.3 is 30.9 Å². The summed E-state index contributed by atoms with van der Waals surface area (Å²) in [5, 5.41) is 14.5. The first-order chi connectivity index (χ1) is 18.5. The highest BCUT2D eigenvalue weighted by Crippen LogP contribution is 2.44. The Kier molecular flexibility index (Phi) is 10.1. The molecule has 10 nitrogen and oxygen atoms in total. The van der Waals surface area contributed by atoms with Crippen LogP contribution in [0.15, 0.2) is 48.5 Å². The van der Waals surface area contributed by atoms with Crippen LogP contribution in [-0.2, 0) is 23.9 Å². The molecule has 0 saturated heterocycles. The normalized spacial score (nSPS) is 13.9. The van der Waals surface area contributed by atoms with Crippen molar-refractivity contribution in [3.05, 3.63) is 59.7 Å². The third-order valence-electron chi connectivity index (χ3n) is 6.32. The van der Waals surface area contributed by atoms with Crippen LogP contribution < -0.4 is 16.4 Å². The van der Waals surface area contributed by atoms with Crippen molar-refractivity contribution in [2.45, 2.75) is 70.1 Å². The van der Waals surface area contributed by atoms with E-state index < -0.39 is 35.7 Å². The summed E-state index contributed by atoms with van der Waals surface area (Å²) in [4.78, 5) is 48.2. The van der Waals surface area contributed by atoms with E-state index >= 15 is 0 Å². The molecule has 39 heavy (non-hydrogen) atoms. The number of carbonyl (C=O) groups excluding carboxylic acids is 3. The van der Waals surface area contributed by atoms with E-state index in [1.807, 2.05) is 48.5 Å². The Labute approximate surface area is 228 Å². The van der Waals surface area contributed by atoms with Gasteiger partial charge in [-0.05, 0) is 62.3 Å². The van der Waals surface area contributed by atoms with Crippen molar-refractivity contribution >= 4 is 23.9 Å². The van der Waals surface area contributed by atoms with Gasteiger partial charge in [0.25, 0.3) is 0 Å². The Balaban J connectivity index is 1.41. The van der Waals surface area contributed by atoms with Crippen LogP contribution in [0.25, 0.3) is 11.1 Å². The second-order valence-electron chi connectivity index (χ2n) is 10.5. The number of benzene rings is 2. The Morgan fingerprint density at radius 1 is 0.974 bits per heavy atom. The average Bonchev–Trinajstić information content (AvgIpc) is 3.20. The summed E-state index contributed by atoms with van der Waals surface area (Å²) in [5.41, 5.74) is 9.46. The molecular weight excluding hydrogens is 502 g/mol. The second kappa shape index (κ2) is 13.2. The number of fused-ring (bicyclic) bond motifs is 3. The number of nitrogens with two attached hydrogens (primary N) is 1. The Bertz CT molecular complexity index is 1150. The van der Waals surface area contributed by atoms with Crippen LogP contribution in [0.1, 0.15) is 63.5 Å². The maximum absolute atomic E-state index is 12.5. The molecule has 2 aromatic carbocycles. The minimum absolute atomic E-state index is 0.0537. The average molecular weight is 540 g/mol.